The zero-order chi connectivity index (χ0) is 23.5. The highest BCUT2D eigenvalue weighted by atomic mass is 32.1. The Morgan fingerprint density at radius 2 is 1.97 bits per heavy atom. The topological polar surface area (TPSA) is 57.0 Å². The molecule has 0 amide bonds. The number of aromatic nitrogens is 3. The lowest BCUT2D eigenvalue weighted by molar-refractivity contribution is -0.138. The highest BCUT2D eigenvalue weighted by molar-refractivity contribution is 7.19. The van der Waals surface area contributed by atoms with Crippen molar-refractivity contribution in [1.82, 2.24) is 14.5 Å². The van der Waals surface area contributed by atoms with Gasteiger partial charge in [0.2, 0.25) is 0 Å². The highest BCUT2D eigenvalue weighted by Crippen LogP contribution is 2.46. The first-order chi connectivity index (χ1) is 15.6. The lowest BCUT2D eigenvalue weighted by atomic mass is 9.87. The first-order valence-electron chi connectivity index (χ1n) is 11.7. The van der Waals surface area contributed by atoms with Crippen LogP contribution in [0.5, 0.6) is 0 Å². The summed E-state index contributed by atoms with van der Waals surface area (Å²) < 4.78 is 8.43. The number of ether oxygens (including phenoxy) is 1. The zero-order valence-electron chi connectivity index (χ0n) is 20.3. The second-order valence-corrected chi connectivity index (χ2v) is 11.2. The van der Waals surface area contributed by atoms with Gasteiger partial charge < -0.3 is 9.30 Å². The molecule has 3 heterocycles. The number of ketones is 1. The number of rotatable bonds is 4. The minimum atomic E-state index is -0.668. The van der Waals surface area contributed by atoms with Crippen molar-refractivity contribution in [3.8, 4) is 11.1 Å². The van der Waals surface area contributed by atoms with Crippen LogP contribution in [-0.4, -0.2) is 25.9 Å². The monoisotopic (exact) mass is 461 g/mol. The fourth-order valence-electron chi connectivity index (χ4n) is 5.02. The Morgan fingerprint density at radius 1 is 1.21 bits per heavy atom. The lowest BCUT2D eigenvalue weighted by Gasteiger charge is -2.29. The van der Waals surface area contributed by atoms with E-state index < -0.39 is 11.7 Å². The predicted molar refractivity (Wildman–Crippen MR) is 135 cm³/mol. The van der Waals surface area contributed by atoms with Gasteiger partial charge in [0.25, 0.3) is 0 Å². The number of hydrogen-bond acceptors (Lipinski definition) is 5. The first-order valence-corrected chi connectivity index (χ1v) is 12.5. The first kappa shape index (κ1) is 22.2. The van der Waals surface area contributed by atoms with Gasteiger partial charge in [-0.1, -0.05) is 6.07 Å². The molecule has 1 aliphatic carbocycles. The summed E-state index contributed by atoms with van der Waals surface area (Å²) >= 11 is 1.82. The van der Waals surface area contributed by atoms with Crippen LogP contribution >= 0.6 is 11.3 Å². The number of Topliss-reactive ketones (excluding diaryl/α,β-unsaturated/α-hetero) is 1. The van der Waals surface area contributed by atoms with Crippen LogP contribution in [0.2, 0.25) is 0 Å². The van der Waals surface area contributed by atoms with Gasteiger partial charge in [0.15, 0.2) is 5.78 Å². The molecule has 5 rings (SSSR count). The number of imidazole rings is 1. The van der Waals surface area contributed by atoms with Crippen LogP contribution in [0.4, 0.5) is 0 Å². The Kier molecular flexibility index (Phi) is 5.41. The van der Waals surface area contributed by atoms with Crippen molar-refractivity contribution in [2.75, 3.05) is 0 Å². The van der Waals surface area contributed by atoms with E-state index in [0.29, 0.717) is 0 Å². The molecule has 0 unspecified atom stereocenters. The van der Waals surface area contributed by atoms with Gasteiger partial charge in [0, 0.05) is 34.1 Å². The molecule has 1 aromatic carbocycles. The summed E-state index contributed by atoms with van der Waals surface area (Å²) in [5.74, 6) is 0.00105. The largest absolute Gasteiger partial charge is 0.360 e. The summed E-state index contributed by atoms with van der Waals surface area (Å²) in [5.41, 5.74) is 6.94. The van der Waals surface area contributed by atoms with Crippen molar-refractivity contribution in [2.45, 2.75) is 72.0 Å². The normalized spacial score (nSPS) is 15.2. The molecule has 172 valence electrons. The minimum absolute atomic E-state index is 0.00105. The Hall–Kier alpha value is -2.57. The zero-order valence-corrected chi connectivity index (χ0v) is 21.1. The molecule has 1 aliphatic rings. The molecule has 3 aromatic heterocycles. The summed E-state index contributed by atoms with van der Waals surface area (Å²) in [4.78, 5) is 25.0. The molecule has 0 bridgehead atoms. The average Bonchev–Trinajstić information content (AvgIpc) is 3.30. The third-order valence-corrected chi connectivity index (χ3v) is 7.63. The quantitative estimate of drug-likeness (QED) is 0.349. The van der Waals surface area contributed by atoms with Gasteiger partial charge in [-0.25, -0.2) is 9.97 Å². The summed E-state index contributed by atoms with van der Waals surface area (Å²) in [6.45, 7) is 9.63. The highest BCUT2D eigenvalue weighted by Gasteiger charge is 2.32. The maximum Gasteiger partial charge on any atom is 0.163 e. The van der Waals surface area contributed by atoms with Crippen molar-refractivity contribution in [2.24, 2.45) is 7.05 Å². The minimum Gasteiger partial charge on any atom is -0.360 e. The standard InChI is InChI=1S/C27H31N3O2S/c1-15-22(25(16(2)31)32-27(3,4)5)23(17-11-12-19-20(13-17)30(6)14-28-19)24-18-9-7-8-10-21(18)33-26(24)29-15/h11-14,25H,7-10H2,1-6H3/t25-/m1/s1. The summed E-state index contributed by atoms with van der Waals surface area (Å²) in [5, 5.41) is 1.21. The summed E-state index contributed by atoms with van der Waals surface area (Å²) in [7, 11) is 2.01. The van der Waals surface area contributed by atoms with E-state index in [2.05, 4.69) is 23.2 Å². The Morgan fingerprint density at radius 3 is 2.70 bits per heavy atom. The van der Waals surface area contributed by atoms with Crippen LogP contribution in [0.15, 0.2) is 24.5 Å². The second kappa shape index (κ2) is 8.03. The third-order valence-electron chi connectivity index (χ3n) is 6.45. The molecule has 0 spiro atoms. The van der Waals surface area contributed by atoms with Gasteiger partial charge in [-0.2, -0.15) is 0 Å². The Bertz CT molecular complexity index is 1390. The molecule has 0 N–H and O–H groups in total. The van der Waals surface area contributed by atoms with Crippen LogP contribution in [0.25, 0.3) is 32.4 Å². The van der Waals surface area contributed by atoms with Crippen LogP contribution in [0.1, 0.15) is 68.3 Å². The summed E-state index contributed by atoms with van der Waals surface area (Å²) in [6.07, 6.45) is 5.77. The molecular formula is C27H31N3O2S. The second-order valence-electron chi connectivity index (χ2n) is 10.2. The van der Waals surface area contributed by atoms with E-state index in [1.54, 1.807) is 6.92 Å². The maximum atomic E-state index is 13.0. The van der Waals surface area contributed by atoms with E-state index in [0.717, 1.165) is 51.1 Å². The molecule has 1 atom stereocenters. The molecule has 0 fully saturated rings. The number of aryl methyl sites for hydroxylation is 4. The Labute approximate surface area is 198 Å². The molecule has 0 saturated carbocycles. The number of nitrogens with zero attached hydrogens (tertiary/aromatic N) is 3. The van der Waals surface area contributed by atoms with Crippen molar-refractivity contribution in [3.63, 3.8) is 0 Å². The van der Waals surface area contributed by atoms with Gasteiger partial charge in [0.05, 0.1) is 23.0 Å². The average molecular weight is 462 g/mol. The number of fused-ring (bicyclic) bond motifs is 4. The molecule has 0 radical (unpaired) electrons. The SMILES string of the molecule is CC(=O)[C@@H](OC(C)(C)C)c1c(C)nc2sc3c(c2c1-c1ccc2ncn(C)c2c1)CCCC3. The van der Waals surface area contributed by atoms with Crippen LogP contribution in [0, 0.1) is 6.92 Å². The fraction of sp³-hybridized carbons (Fsp3) is 0.444. The molecule has 5 nitrogen and oxygen atoms in total. The smallest absolute Gasteiger partial charge is 0.163 e. The molecule has 4 aromatic rings. The number of benzene rings is 1. The van der Waals surface area contributed by atoms with Gasteiger partial charge >= 0.3 is 0 Å². The van der Waals surface area contributed by atoms with Crippen LogP contribution in [-0.2, 0) is 29.4 Å². The third kappa shape index (κ3) is 3.89. The van der Waals surface area contributed by atoms with E-state index in [9.17, 15) is 4.79 Å². The number of thiophene rings is 1. The molecule has 33 heavy (non-hydrogen) atoms. The van der Waals surface area contributed by atoms with Gasteiger partial charge in [-0.05, 0) is 83.6 Å². The Balaban J connectivity index is 1.88. The predicted octanol–water partition coefficient (Wildman–Crippen LogP) is 6.48. The molecule has 6 heteroatoms. The summed E-state index contributed by atoms with van der Waals surface area (Å²) in [6, 6.07) is 6.40. The van der Waals surface area contributed by atoms with E-state index in [1.165, 1.54) is 28.7 Å². The van der Waals surface area contributed by atoms with Crippen molar-refractivity contribution >= 4 is 38.4 Å². The van der Waals surface area contributed by atoms with Crippen molar-refractivity contribution < 1.29 is 9.53 Å². The van der Waals surface area contributed by atoms with Crippen molar-refractivity contribution in [3.05, 3.63) is 46.2 Å². The van der Waals surface area contributed by atoms with E-state index >= 15 is 0 Å². The van der Waals surface area contributed by atoms with E-state index in [1.807, 2.05) is 57.0 Å². The van der Waals surface area contributed by atoms with Gasteiger partial charge in [0.1, 0.15) is 10.9 Å². The van der Waals surface area contributed by atoms with E-state index in [4.69, 9.17) is 9.72 Å². The van der Waals surface area contributed by atoms with Crippen LogP contribution < -0.4 is 0 Å². The van der Waals surface area contributed by atoms with Crippen molar-refractivity contribution in [1.29, 1.82) is 0 Å². The number of hydrogen-bond donors (Lipinski definition) is 0. The number of carbonyl (C=O) groups excluding carboxylic acids is 1. The number of carbonyl (C=O) groups is 1. The fourth-order valence-corrected chi connectivity index (χ4v) is 6.33. The van der Waals surface area contributed by atoms with Crippen LogP contribution in [0.3, 0.4) is 0 Å². The molecule has 0 aliphatic heterocycles. The van der Waals surface area contributed by atoms with Gasteiger partial charge in [-0.15, -0.1) is 11.3 Å². The molecular weight excluding hydrogens is 430 g/mol. The van der Waals surface area contributed by atoms with Gasteiger partial charge in [-0.3, -0.25) is 4.79 Å². The van der Waals surface area contributed by atoms with E-state index in [-0.39, 0.29) is 5.78 Å². The molecule has 0 saturated heterocycles. The number of pyridine rings is 1. The maximum absolute atomic E-state index is 13.0. The lowest BCUT2D eigenvalue weighted by Crippen LogP contribution is -2.27.